The molecule has 0 aromatic heterocycles. The highest BCUT2D eigenvalue weighted by atomic mass is 16.6. The minimum atomic E-state index is -0.718. The predicted octanol–water partition coefficient (Wildman–Crippen LogP) is -0.395. The van der Waals surface area contributed by atoms with E-state index in [9.17, 15) is 5.11 Å². The Hall–Kier alpha value is -0.700. The predicted molar refractivity (Wildman–Crippen MR) is 31.4 cm³/mol. The second-order valence-electron chi connectivity index (χ2n) is 1.66. The van der Waals surface area contributed by atoms with Gasteiger partial charge in [-0.05, 0) is 19.6 Å². The molecule has 9 heavy (non-hydrogen) atoms. The molecular formula is C6H11O3-. The van der Waals surface area contributed by atoms with Gasteiger partial charge in [-0.2, -0.15) is 0 Å². The molecule has 0 aliphatic carbocycles. The summed E-state index contributed by atoms with van der Waals surface area (Å²) in [5.74, 6) is -0.465. The summed E-state index contributed by atoms with van der Waals surface area (Å²) in [5, 5.41) is 19.0. The first-order chi connectivity index (χ1) is 4.16. The molecule has 0 fully saturated rings. The van der Waals surface area contributed by atoms with E-state index >= 15 is 0 Å². The van der Waals surface area contributed by atoms with Crippen molar-refractivity contribution in [3.63, 3.8) is 0 Å². The summed E-state index contributed by atoms with van der Waals surface area (Å²) in [6, 6.07) is 0. The molecule has 54 valence electrons. The third-order valence-electron chi connectivity index (χ3n) is 0.664. The van der Waals surface area contributed by atoms with Crippen molar-refractivity contribution in [1.82, 2.24) is 0 Å². The van der Waals surface area contributed by atoms with Crippen LogP contribution < -0.4 is 5.11 Å². The molecule has 0 bridgehead atoms. The molecule has 0 aromatic rings. The van der Waals surface area contributed by atoms with Gasteiger partial charge in [0.2, 0.25) is 0 Å². The Morgan fingerprint density at radius 2 is 2.44 bits per heavy atom. The fourth-order valence-electron chi connectivity index (χ4n) is 0.387. The second kappa shape index (κ2) is 4.21. The van der Waals surface area contributed by atoms with Crippen LogP contribution in [-0.4, -0.2) is 17.8 Å². The highest BCUT2D eigenvalue weighted by Gasteiger charge is 1.85. The summed E-state index contributed by atoms with van der Waals surface area (Å²) < 4.78 is 4.50. The summed E-state index contributed by atoms with van der Waals surface area (Å²) in [6.45, 7) is 3.56. The van der Waals surface area contributed by atoms with Crippen molar-refractivity contribution >= 4 is 0 Å². The Bertz CT molecular complexity index is 96.5. The number of aliphatic hydroxyl groups is 1. The molecule has 0 saturated carbocycles. The first-order valence-corrected chi connectivity index (χ1v) is 2.86. The third kappa shape index (κ3) is 5.17. The summed E-state index contributed by atoms with van der Waals surface area (Å²) in [7, 11) is 0. The van der Waals surface area contributed by atoms with Crippen molar-refractivity contribution < 1.29 is 14.9 Å². The largest absolute Gasteiger partial charge is 0.614 e. The zero-order chi connectivity index (χ0) is 7.28. The van der Waals surface area contributed by atoms with Crippen LogP contribution in [0, 0.1) is 0 Å². The van der Waals surface area contributed by atoms with Crippen LogP contribution in [0.25, 0.3) is 0 Å². The van der Waals surface area contributed by atoms with Crippen LogP contribution in [0.5, 0.6) is 0 Å². The summed E-state index contributed by atoms with van der Waals surface area (Å²) in [4.78, 5) is 0. The zero-order valence-corrected chi connectivity index (χ0v) is 5.63. The van der Waals surface area contributed by atoms with Crippen molar-refractivity contribution in [3.05, 3.63) is 12.0 Å². The zero-order valence-electron chi connectivity index (χ0n) is 5.63. The molecule has 0 radical (unpaired) electrons. The van der Waals surface area contributed by atoms with Crippen molar-refractivity contribution in [2.75, 3.05) is 6.61 Å². The molecule has 0 spiro atoms. The number of aliphatic hydroxyl groups excluding tert-OH is 1. The van der Waals surface area contributed by atoms with Gasteiger partial charge in [-0.25, -0.2) is 0 Å². The van der Waals surface area contributed by atoms with Gasteiger partial charge in [0.15, 0.2) is 0 Å². The van der Waals surface area contributed by atoms with Gasteiger partial charge in [0.05, 0.1) is 6.10 Å². The lowest BCUT2D eigenvalue weighted by Crippen LogP contribution is -2.11. The molecule has 3 nitrogen and oxygen atoms in total. The maximum atomic E-state index is 10.4. The van der Waals surface area contributed by atoms with Gasteiger partial charge in [0, 0.05) is 5.95 Å². The highest BCUT2D eigenvalue weighted by molar-refractivity contribution is 4.84. The molecule has 0 saturated heterocycles. The molecule has 1 atom stereocenters. The van der Waals surface area contributed by atoms with Gasteiger partial charge < -0.3 is 14.9 Å². The van der Waals surface area contributed by atoms with Gasteiger partial charge in [-0.3, -0.25) is 0 Å². The fraction of sp³-hybridized carbons (Fsp3) is 0.667. The van der Waals surface area contributed by atoms with Crippen LogP contribution in [0.15, 0.2) is 12.0 Å². The second-order valence-corrected chi connectivity index (χ2v) is 1.66. The van der Waals surface area contributed by atoms with Gasteiger partial charge in [-0.15, -0.1) is 0 Å². The van der Waals surface area contributed by atoms with E-state index in [4.69, 9.17) is 5.11 Å². The van der Waals surface area contributed by atoms with Gasteiger partial charge >= 0.3 is 0 Å². The van der Waals surface area contributed by atoms with E-state index in [1.54, 1.807) is 6.92 Å². The molecule has 3 heteroatoms. The Balaban J connectivity index is 3.55. The van der Waals surface area contributed by atoms with Gasteiger partial charge in [0.1, 0.15) is 0 Å². The molecule has 0 aliphatic heterocycles. The SMILES string of the molecule is CCO/C([O-])=C/C(C)O. The molecule has 0 heterocycles. The molecule has 0 amide bonds. The number of hydrogen-bond donors (Lipinski definition) is 1. The highest BCUT2D eigenvalue weighted by Crippen LogP contribution is 1.89. The van der Waals surface area contributed by atoms with E-state index in [0.29, 0.717) is 6.61 Å². The molecule has 0 aliphatic rings. The van der Waals surface area contributed by atoms with E-state index in [0.717, 1.165) is 6.08 Å². The van der Waals surface area contributed by atoms with Gasteiger partial charge in [0.25, 0.3) is 0 Å². The number of hydrogen-bond acceptors (Lipinski definition) is 3. The van der Waals surface area contributed by atoms with Crippen molar-refractivity contribution in [1.29, 1.82) is 0 Å². The molecular weight excluding hydrogens is 120 g/mol. The molecule has 0 rings (SSSR count). The number of rotatable bonds is 3. The summed E-state index contributed by atoms with van der Waals surface area (Å²) >= 11 is 0. The normalized spacial score (nSPS) is 15.2. The van der Waals surface area contributed by atoms with Crippen LogP contribution in [0.1, 0.15) is 13.8 Å². The average molecular weight is 131 g/mol. The Morgan fingerprint density at radius 3 is 2.78 bits per heavy atom. The minimum absolute atomic E-state index is 0.349. The quantitative estimate of drug-likeness (QED) is 0.530. The molecule has 0 aromatic carbocycles. The van der Waals surface area contributed by atoms with Crippen LogP contribution in [0.3, 0.4) is 0 Å². The van der Waals surface area contributed by atoms with Crippen LogP contribution in [0.4, 0.5) is 0 Å². The minimum Gasteiger partial charge on any atom is -0.614 e. The number of ether oxygens (including phenoxy) is 1. The van der Waals surface area contributed by atoms with Crippen molar-refractivity contribution in [2.24, 2.45) is 0 Å². The maximum Gasteiger partial charge on any atom is 0.0712 e. The lowest BCUT2D eigenvalue weighted by Gasteiger charge is -2.12. The summed E-state index contributed by atoms with van der Waals surface area (Å²) in [6.07, 6.45) is 0.396. The van der Waals surface area contributed by atoms with Crippen LogP contribution in [0.2, 0.25) is 0 Å². The molecule has 1 unspecified atom stereocenters. The fourth-order valence-corrected chi connectivity index (χ4v) is 0.387. The Kier molecular flexibility index (Phi) is 3.88. The van der Waals surface area contributed by atoms with Crippen molar-refractivity contribution in [2.45, 2.75) is 20.0 Å². The van der Waals surface area contributed by atoms with Crippen LogP contribution in [-0.2, 0) is 4.74 Å². The summed E-state index contributed by atoms with van der Waals surface area (Å²) in [5.41, 5.74) is 0. The van der Waals surface area contributed by atoms with E-state index in [-0.39, 0.29) is 0 Å². The van der Waals surface area contributed by atoms with E-state index in [2.05, 4.69) is 4.74 Å². The Morgan fingerprint density at radius 1 is 1.89 bits per heavy atom. The van der Waals surface area contributed by atoms with Crippen LogP contribution >= 0.6 is 0 Å². The van der Waals surface area contributed by atoms with E-state index in [1.807, 2.05) is 0 Å². The topological polar surface area (TPSA) is 52.5 Å². The third-order valence-corrected chi connectivity index (χ3v) is 0.664. The van der Waals surface area contributed by atoms with E-state index < -0.39 is 12.0 Å². The first-order valence-electron chi connectivity index (χ1n) is 2.86. The maximum absolute atomic E-state index is 10.4. The first kappa shape index (κ1) is 8.30. The average Bonchev–Trinajstić information content (AvgIpc) is 1.63. The lowest BCUT2D eigenvalue weighted by molar-refractivity contribution is -0.357. The lowest BCUT2D eigenvalue weighted by atomic mass is 10.4. The smallest absolute Gasteiger partial charge is 0.0712 e. The molecule has 1 N–H and O–H groups in total. The Labute approximate surface area is 54.6 Å². The van der Waals surface area contributed by atoms with Gasteiger partial charge in [-0.1, -0.05) is 6.92 Å². The monoisotopic (exact) mass is 131 g/mol. The van der Waals surface area contributed by atoms with Crippen molar-refractivity contribution in [3.8, 4) is 0 Å². The van der Waals surface area contributed by atoms with E-state index in [1.165, 1.54) is 6.92 Å². The standard InChI is InChI=1S/C6H12O3/c1-3-9-6(8)4-5(2)7/h4-5,7-8H,3H2,1-2H3/p-1/b6-4+.